The quantitative estimate of drug-likeness (QED) is 0.838. The first-order valence-corrected chi connectivity index (χ1v) is 6.63. The number of rotatable bonds is 6. The lowest BCUT2D eigenvalue weighted by atomic mass is 10.1. The minimum Gasteiger partial charge on any atom is -0.385 e. The molecule has 1 aromatic heterocycles. The predicted molar refractivity (Wildman–Crippen MR) is 76.1 cm³/mol. The summed E-state index contributed by atoms with van der Waals surface area (Å²) < 4.78 is 1.88. The van der Waals surface area contributed by atoms with Crippen molar-refractivity contribution in [2.45, 2.75) is 26.7 Å². The standard InChI is InChI=1S/C15H21N3/c1-3-6-13(2)12-16-14-7-4-8-15(11-14)18-10-5-9-17-18/h4-5,7-11,13,16H,3,6,12H2,1-2H3. The van der Waals surface area contributed by atoms with Gasteiger partial charge in [0.05, 0.1) is 5.69 Å². The summed E-state index contributed by atoms with van der Waals surface area (Å²) in [5.74, 6) is 0.711. The van der Waals surface area contributed by atoms with Gasteiger partial charge in [0.25, 0.3) is 0 Å². The van der Waals surface area contributed by atoms with Crippen LogP contribution >= 0.6 is 0 Å². The molecule has 0 aliphatic rings. The van der Waals surface area contributed by atoms with E-state index in [9.17, 15) is 0 Å². The maximum absolute atomic E-state index is 4.24. The normalized spacial score (nSPS) is 12.3. The first kappa shape index (κ1) is 12.7. The highest BCUT2D eigenvalue weighted by atomic mass is 15.3. The Morgan fingerprint density at radius 1 is 1.33 bits per heavy atom. The summed E-state index contributed by atoms with van der Waals surface area (Å²) in [5, 5.41) is 7.73. The molecule has 2 aromatic rings. The lowest BCUT2D eigenvalue weighted by Crippen LogP contribution is -2.11. The van der Waals surface area contributed by atoms with Crippen molar-refractivity contribution in [2.24, 2.45) is 5.92 Å². The average Bonchev–Trinajstić information content (AvgIpc) is 2.91. The van der Waals surface area contributed by atoms with Gasteiger partial charge in [0.1, 0.15) is 0 Å². The highest BCUT2D eigenvalue weighted by Crippen LogP contribution is 2.15. The molecule has 0 saturated heterocycles. The SMILES string of the molecule is CCCC(C)CNc1cccc(-n2cccn2)c1. The van der Waals surface area contributed by atoms with Crippen molar-refractivity contribution < 1.29 is 0 Å². The Bertz CT molecular complexity index is 462. The Balaban J connectivity index is 2.00. The maximum Gasteiger partial charge on any atom is 0.0666 e. The van der Waals surface area contributed by atoms with Gasteiger partial charge in [0.15, 0.2) is 0 Å². The van der Waals surface area contributed by atoms with Crippen molar-refractivity contribution >= 4 is 5.69 Å². The van der Waals surface area contributed by atoms with E-state index in [1.807, 2.05) is 16.9 Å². The molecule has 18 heavy (non-hydrogen) atoms. The van der Waals surface area contributed by atoms with E-state index in [0.717, 1.165) is 17.9 Å². The van der Waals surface area contributed by atoms with Gasteiger partial charge in [-0.15, -0.1) is 0 Å². The van der Waals surface area contributed by atoms with E-state index < -0.39 is 0 Å². The van der Waals surface area contributed by atoms with Crippen LogP contribution in [0.4, 0.5) is 5.69 Å². The van der Waals surface area contributed by atoms with Gasteiger partial charge in [-0.2, -0.15) is 5.10 Å². The van der Waals surface area contributed by atoms with Crippen LogP contribution in [0.1, 0.15) is 26.7 Å². The van der Waals surface area contributed by atoms with E-state index in [4.69, 9.17) is 0 Å². The Labute approximate surface area is 109 Å². The number of anilines is 1. The van der Waals surface area contributed by atoms with E-state index >= 15 is 0 Å². The van der Waals surface area contributed by atoms with Crippen LogP contribution in [0.5, 0.6) is 0 Å². The number of hydrogen-bond acceptors (Lipinski definition) is 2. The summed E-state index contributed by atoms with van der Waals surface area (Å²) in [7, 11) is 0. The van der Waals surface area contributed by atoms with Gasteiger partial charge in [-0.3, -0.25) is 0 Å². The molecule has 3 heteroatoms. The van der Waals surface area contributed by atoms with Crippen LogP contribution in [-0.2, 0) is 0 Å². The number of hydrogen-bond donors (Lipinski definition) is 1. The molecule has 1 heterocycles. The maximum atomic E-state index is 4.24. The van der Waals surface area contributed by atoms with E-state index in [0.29, 0.717) is 5.92 Å². The molecule has 2 rings (SSSR count). The number of nitrogens with one attached hydrogen (secondary N) is 1. The van der Waals surface area contributed by atoms with Crippen molar-refractivity contribution in [1.29, 1.82) is 0 Å². The molecular weight excluding hydrogens is 222 g/mol. The zero-order chi connectivity index (χ0) is 12.8. The van der Waals surface area contributed by atoms with Crippen molar-refractivity contribution in [3.05, 3.63) is 42.7 Å². The molecule has 1 aromatic carbocycles. The third-order valence-electron chi connectivity index (χ3n) is 3.05. The van der Waals surface area contributed by atoms with Gasteiger partial charge in [0.2, 0.25) is 0 Å². The van der Waals surface area contributed by atoms with E-state index in [1.54, 1.807) is 6.20 Å². The van der Waals surface area contributed by atoms with E-state index in [1.165, 1.54) is 12.8 Å². The second-order valence-corrected chi connectivity index (χ2v) is 4.78. The lowest BCUT2D eigenvalue weighted by Gasteiger charge is -2.13. The van der Waals surface area contributed by atoms with Crippen molar-refractivity contribution in [3.8, 4) is 5.69 Å². The Morgan fingerprint density at radius 2 is 2.22 bits per heavy atom. The molecule has 1 atom stereocenters. The molecule has 0 aliphatic carbocycles. The topological polar surface area (TPSA) is 29.9 Å². The van der Waals surface area contributed by atoms with Crippen molar-refractivity contribution in [2.75, 3.05) is 11.9 Å². The first-order valence-electron chi connectivity index (χ1n) is 6.63. The van der Waals surface area contributed by atoms with Gasteiger partial charge in [-0.1, -0.05) is 26.3 Å². The first-order chi connectivity index (χ1) is 8.79. The van der Waals surface area contributed by atoms with Gasteiger partial charge in [-0.25, -0.2) is 4.68 Å². The van der Waals surface area contributed by atoms with Crippen molar-refractivity contribution in [3.63, 3.8) is 0 Å². The van der Waals surface area contributed by atoms with Gasteiger partial charge >= 0.3 is 0 Å². The van der Waals surface area contributed by atoms with Crippen LogP contribution in [0.25, 0.3) is 5.69 Å². The van der Waals surface area contributed by atoms with E-state index in [-0.39, 0.29) is 0 Å². The minimum atomic E-state index is 0.711. The molecule has 0 fully saturated rings. The third kappa shape index (κ3) is 3.36. The Morgan fingerprint density at radius 3 is 2.94 bits per heavy atom. The molecule has 0 saturated carbocycles. The molecule has 0 spiro atoms. The average molecular weight is 243 g/mol. The smallest absolute Gasteiger partial charge is 0.0666 e. The summed E-state index contributed by atoms with van der Waals surface area (Å²) in [6.07, 6.45) is 6.27. The number of nitrogens with zero attached hydrogens (tertiary/aromatic N) is 2. The number of aromatic nitrogens is 2. The fraction of sp³-hybridized carbons (Fsp3) is 0.400. The van der Waals surface area contributed by atoms with Crippen LogP contribution in [0.2, 0.25) is 0 Å². The molecule has 3 nitrogen and oxygen atoms in total. The van der Waals surface area contributed by atoms with Crippen LogP contribution in [-0.4, -0.2) is 16.3 Å². The van der Waals surface area contributed by atoms with E-state index in [2.05, 4.69) is 48.5 Å². The highest BCUT2D eigenvalue weighted by molar-refractivity contribution is 5.50. The molecule has 0 aliphatic heterocycles. The molecule has 0 amide bonds. The Hall–Kier alpha value is -1.77. The summed E-state index contributed by atoms with van der Waals surface area (Å²) in [5.41, 5.74) is 2.25. The number of benzene rings is 1. The molecule has 0 bridgehead atoms. The summed E-state index contributed by atoms with van der Waals surface area (Å²) >= 11 is 0. The van der Waals surface area contributed by atoms with Crippen molar-refractivity contribution in [1.82, 2.24) is 9.78 Å². The molecule has 0 radical (unpaired) electrons. The summed E-state index contributed by atoms with van der Waals surface area (Å²) in [6.45, 7) is 5.54. The zero-order valence-electron chi connectivity index (χ0n) is 11.1. The van der Waals surface area contributed by atoms with Gasteiger partial charge in [-0.05, 0) is 36.6 Å². The summed E-state index contributed by atoms with van der Waals surface area (Å²) in [6, 6.07) is 10.3. The van der Waals surface area contributed by atoms with Crippen LogP contribution in [0.15, 0.2) is 42.7 Å². The van der Waals surface area contributed by atoms with Gasteiger partial charge < -0.3 is 5.32 Å². The fourth-order valence-corrected chi connectivity index (χ4v) is 2.07. The lowest BCUT2D eigenvalue weighted by molar-refractivity contribution is 0.551. The molecular formula is C15H21N3. The molecule has 1 unspecified atom stereocenters. The fourth-order valence-electron chi connectivity index (χ4n) is 2.07. The van der Waals surface area contributed by atoms with Crippen LogP contribution in [0, 0.1) is 5.92 Å². The largest absolute Gasteiger partial charge is 0.385 e. The van der Waals surface area contributed by atoms with Crippen LogP contribution < -0.4 is 5.32 Å². The monoisotopic (exact) mass is 243 g/mol. The van der Waals surface area contributed by atoms with Gasteiger partial charge in [0, 0.05) is 24.6 Å². The highest BCUT2D eigenvalue weighted by Gasteiger charge is 2.02. The molecule has 1 N–H and O–H groups in total. The Kier molecular flexibility index (Phi) is 4.40. The molecule has 96 valence electrons. The third-order valence-corrected chi connectivity index (χ3v) is 3.05. The second kappa shape index (κ2) is 6.24. The van der Waals surface area contributed by atoms with Crippen LogP contribution in [0.3, 0.4) is 0 Å². The summed E-state index contributed by atoms with van der Waals surface area (Å²) in [4.78, 5) is 0. The zero-order valence-corrected chi connectivity index (χ0v) is 11.1. The second-order valence-electron chi connectivity index (χ2n) is 4.78. The minimum absolute atomic E-state index is 0.711. The predicted octanol–water partition coefficient (Wildman–Crippen LogP) is 3.72.